The summed E-state index contributed by atoms with van der Waals surface area (Å²) < 4.78 is 22.8. The lowest BCUT2D eigenvalue weighted by Crippen LogP contribution is -2.08. The highest BCUT2D eigenvalue weighted by Crippen LogP contribution is 2.22. The van der Waals surface area contributed by atoms with Crippen LogP contribution in [0.5, 0.6) is 23.0 Å². The summed E-state index contributed by atoms with van der Waals surface area (Å²) in [6.07, 6.45) is 30.8. The standard InChI is InChI=1S/C53H69NO6/c1-3-5-7-9-11-13-15-17-19-21-41-57-48-32-23-44(24-33-48)27-40-52(55)59-50-34-25-45(26-35-50)43-54-47-30-38-51(39-31-47)60-53(56)46-28-36-49(37-29-46)58-42-22-20-18-16-14-12-10-8-6-4-2/h23-40,43H,3-22,41-42H2,1-2H3/b40-27+,54-43?. The second-order valence-electron chi connectivity index (χ2n) is 15.6. The number of hydrogen-bond donors (Lipinski definition) is 0. The number of nitrogens with zero attached hydrogens (tertiary/aromatic N) is 1. The van der Waals surface area contributed by atoms with Gasteiger partial charge in [-0.05, 0) is 115 Å². The Kier molecular flexibility index (Phi) is 23.7. The Morgan fingerprint density at radius 2 is 0.850 bits per heavy atom. The normalized spacial score (nSPS) is 11.3. The first-order chi connectivity index (χ1) is 29.5. The summed E-state index contributed by atoms with van der Waals surface area (Å²) >= 11 is 0. The highest BCUT2D eigenvalue weighted by molar-refractivity contribution is 5.91. The van der Waals surface area contributed by atoms with E-state index in [-0.39, 0.29) is 0 Å². The molecule has 0 aliphatic rings. The van der Waals surface area contributed by atoms with Gasteiger partial charge >= 0.3 is 11.9 Å². The third kappa shape index (κ3) is 20.7. The van der Waals surface area contributed by atoms with Crippen LogP contribution in [0, 0.1) is 0 Å². The van der Waals surface area contributed by atoms with E-state index in [1.54, 1.807) is 60.8 Å². The molecule has 7 nitrogen and oxygen atoms in total. The van der Waals surface area contributed by atoms with Gasteiger partial charge in [0.15, 0.2) is 0 Å². The Morgan fingerprint density at radius 1 is 0.450 bits per heavy atom. The first-order valence-corrected chi connectivity index (χ1v) is 22.8. The molecule has 0 amide bonds. The van der Waals surface area contributed by atoms with Crippen LogP contribution in [0.3, 0.4) is 0 Å². The molecule has 0 heterocycles. The predicted octanol–water partition coefficient (Wildman–Crippen LogP) is 14.9. The van der Waals surface area contributed by atoms with Crippen molar-refractivity contribution in [2.75, 3.05) is 13.2 Å². The maximum atomic E-state index is 12.7. The zero-order valence-electron chi connectivity index (χ0n) is 36.4. The average molecular weight is 816 g/mol. The molecule has 0 unspecified atom stereocenters. The quantitative estimate of drug-likeness (QED) is 0.0165. The van der Waals surface area contributed by atoms with Crippen molar-refractivity contribution >= 4 is 29.9 Å². The fourth-order valence-corrected chi connectivity index (χ4v) is 6.77. The molecule has 60 heavy (non-hydrogen) atoms. The third-order valence-electron chi connectivity index (χ3n) is 10.4. The Balaban J connectivity index is 1.08. The van der Waals surface area contributed by atoms with Gasteiger partial charge in [0, 0.05) is 12.3 Å². The molecule has 0 fully saturated rings. The van der Waals surface area contributed by atoms with Gasteiger partial charge in [-0.15, -0.1) is 0 Å². The van der Waals surface area contributed by atoms with Crippen molar-refractivity contribution < 1.29 is 28.5 Å². The molecule has 0 aromatic heterocycles. The van der Waals surface area contributed by atoms with Gasteiger partial charge in [0.1, 0.15) is 23.0 Å². The van der Waals surface area contributed by atoms with Crippen molar-refractivity contribution in [3.8, 4) is 23.0 Å². The van der Waals surface area contributed by atoms with Gasteiger partial charge in [-0.25, -0.2) is 9.59 Å². The first-order valence-electron chi connectivity index (χ1n) is 22.8. The summed E-state index contributed by atoms with van der Waals surface area (Å²) in [4.78, 5) is 29.7. The number of aliphatic imine (C=N–C) groups is 1. The summed E-state index contributed by atoms with van der Waals surface area (Å²) in [6, 6.07) is 28.9. The number of rotatable bonds is 31. The number of esters is 2. The third-order valence-corrected chi connectivity index (χ3v) is 10.4. The van der Waals surface area contributed by atoms with E-state index >= 15 is 0 Å². The van der Waals surface area contributed by atoms with Crippen LogP contribution in [-0.2, 0) is 4.79 Å². The van der Waals surface area contributed by atoms with Crippen molar-refractivity contribution in [3.05, 3.63) is 120 Å². The van der Waals surface area contributed by atoms with E-state index < -0.39 is 11.9 Å². The van der Waals surface area contributed by atoms with E-state index in [9.17, 15) is 9.59 Å². The van der Waals surface area contributed by atoms with Gasteiger partial charge in [-0.3, -0.25) is 4.99 Å². The molecule has 4 aromatic rings. The Hall–Kier alpha value is -5.17. The van der Waals surface area contributed by atoms with Gasteiger partial charge in [0.05, 0.1) is 24.5 Å². The maximum Gasteiger partial charge on any atom is 0.343 e. The molecule has 0 aliphatic carbocycles. The summed E-state index contributed by atoms with van der Waals surface area (Å²) in [6.45, 7) is 5.92. The molecular formula is C53H69NO6. The molecule has 0 bridgehead atoms. The first kappa shape index (κ1) is 47.5. The van der Waals surface area contributed by atoms with Crippen LogP contribution in [0.15, 0.2) is 108 Å². The fourth-order valence-electron chi connectivity index (χ4n) is 6.77. The molecule has 322 valence electrons. The van der Waals surface area contributed by atoms with Crippen LogP contribution >= 0.6 is 0 Å². The van der Waals surface area contributed by atoms with Crippen molar-refractivity contribution in [1.82, 2.24) is 0 Å². The van der Waals surface area contributed by atoms with Crippen LogP contribution in [0.25, 0.3) is 6.08 Å². The van der Waals surface area contributed by atoms with Crippen molar-refractivity contribution in [2.45, 2.75) is 142 Å². The lowest BCUT2D eigenvalue weighted by Gasteiger charge is -2.08. The Bertz CT molecular complexity index is 1800. The molecule has 0 saturated heterocycles. The van der Waals surface area contributed by atoms with Crippen LogP contribution in [0.2, 0.25) is 0 Å². The van der Waals surface area contributed by atoms with Crippen LogP contribution in [0.1, 0.15) is 164 Å². The number of carbonyl (C=O) groups excluding carboxylic acids is 2. The molecule has 0 spiro atoms. The van der Waals surface area contributed by atoms with Gasteiger partial charge < -0.3 is 18.9 Å². The molecule has 0 atom stereocenters. The molecule has 0 saturated carbocycles. The van der Waals surface area contributed by atoms with E-state index in [0.717, 1.165) is 42.1 Å². The summed E-state index contributed by atoms with van der Waals surface area (Å²) in [5.41, 5.74) is 2.89. The number of hydrogen-bond acceptors (Lipinski definition) is 7. The molecule has 0 radical (unpaired) electrons. The fraction of sp³-hybridized carbons (Fsp3) is 0.453. The second kappa shape index (κ2) is 29.9. The summed E-state index contributed by atoms with van der Waals surface area (Å²) in [5.74, 6) is 1.57. The Morgan fingerprint density at radius 3 is 1.35 bits per heavy atom. The predicted molar refractivity (Wildman–Crippen MR) is 247 cm³/mol. The van der Waals surface area contributed by atoms with E-state index in [4.69, 9.17) is 18.9 Å². The monoisotopic (exact) mass is 816 g/mol. The van der Waals surface area contributed by atoms with Crippen molar-refractivity contribution in [2.24, 2.45) is 4.99 Å². The molecule has 0 aliphatic heterocycles. The summed E-state index contributed by atoms with van der Waals surface area (Å²) in [7, 11) is 0. The van der Waals surface area contributed by atoms with E-state index in [2.05, 4.69) is 18.8 Å². The highest BCUT2D eigenvalue weighted by Gasteiger charge is 2.09. The molecule has 4 rings (SSSR count). The van der Waals surface area contributed by atoms with Crippen molar-refractivity contribution in [1.29, 1.82) is 0 Å². The molecule has 7 heteroatoms. The number of ether oxygens (including phenoxy) is 4. The van der Waals surface area contributed by atoms with Crippen LogP contribution in [-0.4, -0.2) is 31.4 Å². The molecule has 4 aromatic carbocycles. The summed E-state index contributed by atoms with van der Waals surface area (Å²) in [5, 5.41) is 0. The van der Waals surface area contributed by atoms with Crippen molar-refractivity contribution in [3.63, 3.8) is 0 Å². The molecule has 0 N–H and O–H groups in total. The van der Waals surface area contributed by atoms with E-state index in [1.165, 1.54) is 122 Å². The number of benzene rings is 4. The van der Waals surface area contributed by atoms with E-state index in [1.807, 2.05) is 48.5 Å². The minimum absolute atomic E-state index is 0.432. The zero-order valence-corrected chi connectivity index (χ0v) is 36.4. The number of unbranched alkanes of at least 4 members (excludes halogenated alkanes) is 18. The minimum Gasteiger partial charge on any atom is -0.494 e. The maximum absolute atomic E-state index is 12.7. The van der Waals surface area contributed by atoms with Gasteiger partial charge in [-0.2, -0.15) is 0 Å². The lowest BCUT2D eigenvalue weighted by molar-refractivity contribution is -0.128. The van der Waals surface area contributed by atoms with Gasteiger partial charge in [0.25, 0.3) is 0 Å². The van der Waals surface area contributed by atoms with Crippen LogP contribution < -0.4 is 18.9 Å². The molecular weight excluding hydrogens is 747 g/mol. The second-order valence-corrected chi connectivity index (χ2v) is 15.6. The minimum atomic E-state index is -0.459. The largest absolute Gasteiger partial charge is 0.494 e. The lowest BCUT2D eigenvalue weighted by atomic mass is 10.1. The van der Waals surface area contributed by atoms with Gasteiger partial charge in [0.2, 0.25) is 0 Å². The highest BCUT2D eigenvalue weighted by atomic mass is 16.5. The average Bonchev–Trinajstić information content (AvgIpc) is 3.27. The zero-order chi connectivity index (χ0) is 42.3. The SMILES string of the molecule is CCCCCCCCCCCCOc1ccc(/C=C/C(=O)Oc2ccc(C=Nc3ccc(OC(=O)c4ccc(OCCCCCCCCCCCC)cc4)cc3)cc2)cc1. The number of carbonyl (C=O) groups is 2. The van der Waals surface area contributed by atoms with Gasteiger partial charge in [-0.1, -0.05) is 142 Å². The smallest absolute Gasteiger partial charge is 0.343 e. The topological polar surface area (TPSA) is 83.4 Å². The van der Waals surface area contributed by atoms with Crippen LogP contribution in [0.4, 0.5) is 5.69 Å². The Labute approximate surface area is 360 Å². The van der Waals surface area contributed by atoms with E-state index in [0.29, 0.717) is 29.4 Å².